The Hall–Kier alpha value is 0.740. The Morgan fingerprint density at radius 2 is 2.14 bits per heavy atom. The van der Waals surface area contributed by atoms with Crippen LogP contribution in [0.5, 0.6) is 0 Å². The Kier molecular flexibility index (Phi) is 1.96. The number of aromatic nitrogens is 1. The second-order valence-electron chi connectivity index (χ2n) is 1.17. The predicted molar refractivity (Wildman–Crippen MR) is 46.2 cm³/mol. The molecule has 1 rings (SSSR count). The fourth-order valence-electron chi connectivity index (χ4n) is 0.342. The van der Waals surface area contributed by atoms with E-state index in [4.69, 9.17) is 0 Å². The molecule has 0 atom stereocenters. The normalized spacial score (nSPS) is 9.43. The predicted octanol–water partition coefficient (Wildman–Crippen LogP) is 2.22. The zero-order valence-electron chi connectivity index (χ0n) is 3.41. The Morgan fingerprint density at radius 3 is 2.29 bits per heavy atom. The molecule has 38 valence electrons. The molecule has 1 nitrogen and oxygen atoms in total. The summed E-state index contributed by atoms with van der Waals surface area (Å²) >= 11 is 4.50. The fraction of sp³-hybridized carbons (Fsp3) is 0. The summed E-state index contributed by atoms with van der Waals surface area (Å²) < 4.78 is 2.46. The van der Waals surface area contributed by atoms with E-state index in [1.165, 1.54) is 7.27 Å². The lowest BCUT2D eigenvalue weighted by atomic mass is 10.7. The van der Waals surface area contributed by atoms with Crippen LogP contribution in [0.15, 0.2) is 12.3 Å². The molecule has 0 spiro atoms. The smallest absolute Gasteiger partial charge is 0.0782 e. The first kappa shape index (κ1) is 5.87. The first-order valence-corrected chi connectivity index (χ1v) is 3.94. The molecule has 0 aliphatic carbocycles. The lowest BCUT2D eigenvalue weighted by Crippen LogP contribution is -1.57. The van der Waals surface area contributed by atoms with Crippen LogP contribution in [0.4, 0.5) is 0 Å². The Bertz CT molecular complexity index is 142. The minimum atomic E-state index is 1.20. The van der Waals surface area contributed by atoms with Gasteiger partial charge in [-0.15, -0.1) is 0 Å². The van der Waals surface area contributed by atoms with Crippen molar-refractivity contribution in [1.29, 1.82) is 0 Å². The maximum absolute atomic E-state index is 3.05. The Labute approximate surface area is 69.2 Å². The van der Waals surface area contributed by atoms with Gasteiger partial charge in [-0.05, 0) is 51.2 Å². The van der Waals surface area contributed by atoms with Crippen molar-refractivity contribution in [2.24, 2.45) is 0 Å². The van der Waals surface area contributed by atoms with E-state index in [9.17, 15) is 0 Å². The van der Waals surface area contributed by atoms with E-state index in [1.807, 2.05) is 6.20 Å². The maximum Gasteiger partial charge on any atom is 0.0782 e. The van der Waals surface area contributed by atoms with Crippen LogP contribution in [-0.2, 0) is 0 Å². The summed E-state index contributed by atoms with van der Waals surface area (Å²) in [7, 11) is 0. The molecule has 0 saturated heterocycles. The van der Waals surface area contributed by atoms with Gasteiger partial charge < -0.3 is 4.98 Å². The monoisotopic (exact) mass is 319 g/mol. The van der Waals surface area contributed by atoms with Crippen molar-refractivity contribution in [2.75, 3.05) is 0 Å². The van der Waals surface area contributed by atoms with Gasteiger partial charge in [0.15, 0.2) is 0 Å². The topological polar surface area (TPSA) is 15.8 Å². The van der Waals surface area contributed by atoms with E-state index in [-0.39, 0.29) is 0 Å². The molecule has 3 heteroatoms. The van der Waals surface area contributed by atoms with Gasteiger partial charge in [0.2, 0.25) is 0 Å². The molecule has 0 fully saturated rings. The lowest BCUT2D eigenvalue weighted by molar-refractivity contribution is 1.35. The highest BCUT2D eigenvalue weighted by atomic mass is 127. The molecular weight excluding hydrogens is 316 g/mol. The van der Waals surface area contributed by atoms with Gasteiger partial charge in [0.05, 0.1) is 3.70 Å². The molecule has 1 N–H and O–H groups in total. The highest BCUT2D eigenvalue weighted by Gasteiger charge is 1.86. The van der Waals surface area contributed by atoms with Crippen molar-refractivity contribution < 1.29 is 0 Å². The molecule has 0 bridgehead atoms. The van der Waals surface area contributed by atoms with Crippen molar-refractivity contribution in [3.05, 3.63) is 19.5 Å². The van der Waals surface area contributed by atoms with Crippen LogP contribution in [0.25, 0.3) is 0 Å². The molecule has 0 aromatic carbocycles. The fourth-order valence-corrected chi connectivity index (χ4v) is 1.90. The largest absolute Gasteiger partial charge is 0.356 e. The van der Waals surface area contributed by atoms with Gasteiger partial charge in [-0.1, -0.05) is 0 Å². The molecule has 1 heterocycles. The van der Waals surface area contributed by atoms with Gasteiger partial charge in [-0.3, -0.25) is 0 Å². The summed E-state index contributed by atoms with van der Waals surface area (Å²) in [6, 6.07) is 2.08. The second-order valence-corrected chi connectivity index (χ2v) is 3.57. The number of aromatic amines is 1. The van der Waals surface area contributed by atoms with Crippen molar-refractivity contribution in [2.45, 2.75) is 0 Å². The van der Waals surface area contributed by atoms with Crippen molar-refractivity contribution in [3.63, 3.8) is 0 Å². The van der Waals surface area contributed by atoms with Crippen LogP contribution in [0.2, 0.25) is 0 Å². The highest BCUT2D eigenvalue weighted by Crippen LogP contribution is 2.07. The van der Waals surface area contributed by atoms with Gasteiger partial charge in [0.25, 0.3) is 0 Å². The quantitative estimate of drug-likeness (QED) is 0.706. The van der Waals surface area contributed by atoms with Gasteiger partial charge in [-0.25, -0.2) is 0 Å². The molecule has 0 unspecified atom stereocenters. The Morgan fingerprint density at radius 1 is 1.43 bits per heavy atom. The van der Waals surface area contributed by atoms with E-state index in [1.54, 1.807) is 0 Å². The molecule has 0 aliphatic heterocycles. The van der Waals surface area contributed by atoms with Crippen molar-refractivity contribution >= 4 is 45.2 Å². The summed E-state index contributed by atoms with van der Waals surface area (Å²) in [4.78, 5) is 3.05. The number of nitrogens with one attached hydrogen (secondary N) is 1. The van der Waals surface area contributed by atoms with Crippen LogP contribution < -0.4 is 0 Å². The zero-order valence-corrected chi connectivity index (χ0v) is 7.73. The number of H-pyrrole nitrogens is 1. The van der Waals surface area contributed by atoms with E-state index in [0.717, 1.165) is 0 Å². The summed E-state index contributed by atoms with van der Waals surface area (Å²) in [5.74, 6) is 0. The highest BCUT2D eigenvalue weighted by molar-refractivity contribution is 14.1. The van der Waals surface area contributed by atoms with Crippen LogP contribution >= 0.6 is 45.2 Å². The Balaban J connectivity index is 3.04. The third-order valence-electron chi connectivity index (χ3n) is 0.613. The van der Waals surface area contributed by atoms with Crippen molar-refractivity contribution in [1.82, 2.24) is 4.98 Å². The summed E-state index contributed by atoms with van der Waals surface area (Å²) in [5, 5.41) is 0. The first-order chi connectivity index (χ1) is 3.29. The molecule has 7 heavy (non-hydrogen) atoms. The SMILES string of the molecule is Ic1c[nH]c(I)c1. The van der Waals surface area contributed by atoms with E-state index >= 15 is 0 Å². The molecule has 0 saturated carbocycles. The average Bonchev–Trinajstić information content (AvgIpc) is 1.87. The minimum absolute atomic E-state index is 1.20. The van der Waals surface area contributed by atoms with Crippen LogP contribution in [-0.4, -0.2) is 4.98 Å². The molecular formula is C4H3I2N. The maximum atomic E-state index is 3.05. The second kappa shape index (κ2) is 2.34. The van der Waals surface area contributed by atoms with Gasteiger partial charge >= 0.3 is 0 Å². The third-order valence-corrected chi connectivity index (χ3v) is 1.86. The van der Waals surface area contributed by atoms with Crippen LogP contribution in [0, 0.1) is 7.27 Å². The van der Waals surface area contributed by atoms with E-state index < -0.39 is 0 Å². The molecule has 0 amide bonds. The molecule has 1 aromatic rings. The molecule has 1 aromatic heterocycles. The molecule has 0 radical (unpaired) electrons. The lowest BCUT2D eigenvalue weighted by Gasteiger charge is -1.67. The van der Waals surface area contributed by atoms with Gasteiger partial charge in [0.1, 0.15) is 0 Å². The van der Waals surface area contributed by atoms with E-state index in [0.29, 0.717) is 0 Å². The zero-order chi connectivity index (χ0) is 5.28. The summed E-state index contributed by atoms with van der Waals surface area (Å²) in [6.07, 6.45) is 1.97. The number of halogens is 2. The number of rotatable bonds is 0. The number of hydrogen-bond donors (Lipinski definition) is 1. The van der Waals surface area contributed by atoms with E-state index in [2.05, 4.69) is 56.2 Å². The summed E-state index contributed by atoms with van der Waals surface area (Å²) in [6.45, 7) is 0. The third kappa shape index (κ3) is 1.60. The van der Waals surface area contributed by atoms with Gasteiger partial charge in [-0.2, -0.15) is 0 Å². The summed E-state index contributed by atoms with van der Waals surface area (Å²) in [5.41, 5.74) is 0. The van der Waals surface area contributed by atoms with Crippen molar-refractivity contribution in [3.8, 4) is 0 Å². The molecule has 0 aliphatic rings. The van der Waals surface area contributed by atoms with Crippen LogP contribution in [0.3, 0.4) is 0 Å². The standard InChI is InChI=1S/C4H3I2N/c5-3-1-4(6)7-2-3/h1-2,7H. The average molecular weight is 319 g/mol. The minimum Gasteiger partial charge on any atom is -0.356 e. The van der Waals surface area contributed by atoms with Gasteiger partial charge in [0, 0.05) is 9.77 Å². The first-order valence-electron chi connectivity index (χ1n) is 1.78. The number of hydrogen-bond acceptors (Lipinski definition) is 0. The van der Waals surface area contributed by atoms with Crippen LogP contribution in [0.1, 0.15) is 0 Å².